The Balaban J connectivity index is 2.02. The molecular weight excluding hydrogens is 256 g/mol. The number of hydrazone groups is 1. The van der Waals surface area contributed by atoms with Gasteiger partial charge < -0.3 is 9.84 Å². The summed E-state index contributed by atoms with van der Waals surface area (Å²) in [6, 6.07) is 15.8. The number of carbonyl (C=O) groups is 1. The molecule has 1 aliphatic rings. The molecule has 0 unspecified atom stereocenters. The lowest BCUT2D eigenvalue weighted by molar-refractivity contribution is -0.121. The molecule has 1 amide bonds. The maximum atomic E-state index is 11.9. The molecule has 0 radical (unpaired) electrons. The van der Waals surface area contributed by atoms with Gasteiger partial charge in [-0.2, -0.15) is 5.01 Å². The molecule has 1 heterocycles. The van der Waals surface area contributed by atoms with Crippen LogP contribution in [0.4, 0.5) is 5.69 Å². The number of benzene rings is 2. The van der Waals surface area contributed by atoms with Crippen molar-refractivity contribution in [3.8, 4) is 5.75 Å². The molecule has 0 spiro atoms. The van der Waals surface area contributed by atoms with E-state index in [1.165, 1.54) is 5.01 Å². The van der Waals surface area contributed by atoms with Gasteiger partial charge in [0, 0.05) is 0 Å². The van der Waals surface area contributed by atoms with Crippen LogP contribution in [0.3, 0.4) is 0 Å². The maximum Gasteiger partial charge on any atom is 0.285 e. The lowest BCUT2D eigenvalue weighted by Gasteiger charge is -2.24. The van der Waals surface area contributed by atoms with Crippen LogP contribution < -0.4 is 5.01 Å². The zero-order valence-electron chi connectivity index (χ0n) is 10.6. The van der Waals surface area contributed by atoms with Gasteiger partial charge in [-0.05, 0) is 24.3 Å². The fourth-order valence-corrected chi connectivity index (χ4v) is 1.92. The topological polar surface area (TPSA) is 62.1 Å². The van der Waals surface area contributed by atoms with Crippen molar-refractivity contribution >= 4 is 17.5 Å². The van der Waals surface area contributed by atoms with Crippen molar-refractivity contribution in [1.82, 2.24) is 0 Å². The van der Waals surface area contributed by atoms with Crippen molar-refractivity contribution in [2.24, 2.45) is 5.10 Å². The molecular formula is C15H12N2O3. The third-order valence-electron chi connectivity index (χ3n) is 2.89. The number of para-hydroxylation sites is 2. The smallest absolute Gasteiger partial charge is 0.285 e. The number of nitrogens with zero attached hydrogens (tertiary/aromatic N) is 2. The van der Waals surface area contributed by atoms with Gasteiger partial charge in [-0.25, -0.2) is 0 Å². The fraction of sp³-hybridized carbons (Fsp3) is 0.0667. The van der Waals surface area contributed by atoms with Crippen molar-refractivity contribution in [2.45, 2.75) is 0 Å². The second-order valence-corrected chi connectivity index (χ2v) is 4.25. The summed E-state index contributed by atoms with van der Waals surface area (Å²) in [5.41, 5.74) is 1.12. The van der Waals surface area contributed by atoms with Crippen LogP contribution in [-0.4, -0.2) is 23.5 Å². The highest BCUT2D eigenvalue weighted by Crippen LogP contribution is 2.22. The Hall–Kier alpha value is -2.82. The summed E-state index contributed by atoms with van der Waals surface area (Å²) < 4.78 is 5.31. The summed E-state index contributed by atoms with van der Waals surface area (Å²) in [5, 5.41) is 15.3. The average Bonchev–Trinajstić information content (AvgIpc) is 2.49. The normalized spacial score (nSPS) is 14.7. The number of carbonyl (C=O) groups excluding carboxylic acids is 1. The zero-order chi connectivity index (χ0) is 13.9. The Morgan fingerprint density at radius 1 is 1.05 bits per heavy atom. The number of phenolic OH excluding ortho intramolecular Hbond substituents is 1. The van der Waals surface area contributed by atoms with E-state index in [2.05, 4.69) is 5.10 Å². The van der Waals surface area contributed by atoms with Crippen LogP contribution in [0, 0.1) is 0 Å². The summed E-state index contributed by atoms with van der Waals surface area (Å²) in [5.74, 6) is 0.0375. The molecule has 5 nitrogen and oxygen atoms in total. The number of rotatable bonds is 2. The second kappa shape index (κ2) is 5.05. The summed E-state index contributed by atoms with van der Waals surface area (Å²) >= 11 is 0. The zero-order valence-corrected chi connectivity index (χ0v) is 10.6. The first-order valence-corrected chi connectivity index (χ1v) is 6.13. The van der Waals surface area contributed by atoms with Crippen molar-refractivity contribution in [1.29, 1.82) is 0 Å². The van der Waals surface area contributed by atoms with Crippen LogP contribution in [0.25, 0.3) is 0 Å². The highest BCUT2D eigenvalue weighted by molar-refractivity contribution is 6.05. The Morgan fingerprint density at radius 3 is 2.50 bits per heavy atom. The van der Waals surface area contributed by atoms with Gasteiger partial charge in [0.05, 0.1) is 11.3 Å². The average molecular weight is 268 g/mol. The molecule has 100 valence electrons. The molecule has 0 fully saturated rings. The fourth-order valence-electron chi connectivity index (χ4n) is 1.92. The molecule has 0 aliphatic carbocycles. The van der Waals surface area contributed by atoms with E-state index in [-0.39, 0.29) is 24.2 Å². The minimum Gasteiger partial charge on any atom is -0.507 e. The lowest BCUT2D eigenvalue weighted by atomic mass is 10.2. The highest BCUT2D eigenvalue weighted by atomic mass is 16.5. The third-order valence-corrected chi connectivity index (χ3v) is 2.89. The molecule has 0 saturated heterocycles. The molecule has 0 atom stereocenters. The van der Waals surface area contributed by atoms with Gasteiger partial charge in [-0.1, -0.05) is 30.3 Å². The van der Waals surface area contributed by atoms with Crippen LogP contribution in [-0.2, 0) is 9.53 Å². The summed E-state index contributed by atoms with van der Waals surface area (Å²) in [6.45, 7) is -0.109. The van der Waals surface area contributed by atoms with Crippen molar-refractivity contribution in [3.05, 3.63) is 60.2 Å². The molecule has 0 saturated carbocycles. The van der Waals surface area contributed by atoms with E-state index >= 15 is 0 Å². The van der Waals surface area contributed by atoms with Crippen LogP contribution in [0.1, 0.15) is 5.56 Å². The van der Waals surface area contributed by atoms with E-state index in [0.717, 1.165) is 0 Å². The first kappa shape index (κ1) is 12.2. The molecule has 0 aromatic heterocycles. The Bertz CT molecular complexity index is 668. The predicted molar refractivity (Wildman–Crippen MR) is 74.5 cm³/mol. The number of phenols is 1. The number of amides is 1. The van der Waals surface area contributed by atoms with Gasteiger partial charge in [0.25, 0.3) is 5.91 Å². The SMILES string of the molecule is O=C1COC(c2ccccc2O)=NN1c1ccccc1. The number of anilines is 1. The third kappa shape index (κ3) is 2.21. The van der Waals surface area contributed by atoms with Gasteiger partial charge >= 0.3 is 0 Å². The van der Waals surface area contributed by atoms with Gasteiger partial charge in [-0.15, -0.1) is 5.10 Å². The van der Waals surface area contributed by atoms with E-state index < -0.39 is 0 Å². The van der Waals surface area contributed by atoms with Gasteiger partial charge in [0.15, 0.2) is 6.61 Å². The number of aromatic hydroxyl groups is 1. The van der Waals surface area contributed by atoms with E-state index in [9.17, 15) is 9.90 Å². The van der Waals surface area contributed by atoms with E-state index in [1.54, 1.807) is 36.4 Å². The van der Waals surface area contributed by atoms with Gasteiger partial charge in [0.1, 0.15) is 5.75 Å². The minimum absolute atomic E-state index is 0.0635. The molecule has 1 N–H and O–H groups in total. The predicted octanol–water partition coefficient (Wildman–Crippen LogP) is 2.12. The second-order valence-electron chi connectivity index (χ2n) is 4.25. The highest BCUT2D eigenvalue weighted by Gasteiger charge is 2.24. The Morgan fingerprint density at radius 2 is 1.75 bits per heavy atom. The Kier molecular flexibility index (Phi) is 3.09. The standard InChI is InChI=1S/C15H12N2O3/c18-13-9-5-4-8-12(13)15-16-17(14(19)10-20-15)11-6-2-1-3-7-11/h1-9,18H,10H2. The van der Waals surface area contributed by atoms with Crippen molar-refractivity contribution < 1.29 is 14.6 Å². The first-order chi connectivity index (χ1) is 9.75. The van der Waals surface area contributed by atoms with E-state index in [1.807, 2.05) is 18.2 Å². The van der Waals surface area contributed by atoms with Crippen LogP contribution in [0.5, 0.6) is 5.75 Å². The molecule has 3 rings (SSSR count). The van der Waals surface area contributed by atoms with Crippen LogP contribution >= 0.6 is 0 Å². The van der Waals surface area contributed by atoms with Crippen LogP contribution in [0.2, 0.25) is 0 Å². The largest absolute Gasteiger partial charge is 0.507 e. The van der Waals surface area contributed by atoms with E-state index in [0.29, 0.717) is 11.3 Å². The van der Waals surface area contributed by atoms with Gasteiger partial charge in [0.2, 0.25) is 5.90 Å². The summed E-state index contributed by atoms with van der Waals surface area (Å²) in [4.78, 5) is 11.9. The number of hydrogen-bond donors (Lipinski definition) is 1. The maximum absolute atomic E-state index is 11.9. The van der Waals surface area contributed by atoms with Crippen molar-refractivity contribution in [3.63, 3.8) is 0 Å². The molecule has 0 bridgehead atoms. The molecule has 2 aromatic carbocycles. The minimum atomic E-state index is -0.254. The molecule has 20 heavy (non-hydrogen) atoms. The lowest BCUT2D eigenvalue weighted by Crippen LogP contribution is -2.36. The van der Waals surface area contributed by atoms with E-state index in [4.69, 9.17) is 4.74 Å². The Labute approximate surface area is 115 Å². The summed E-state index contributed by atoms with van der Waals surface area (Å²) in [7, 11) is 0. The van der Waals surface area contributed by atoms with Crippen LogP contribution in [0.15, 0.2) is 59.7 Å². The monoisotopic (exact) mass is 268 g/mol. The molecule has 2 aromatic rings. The van der Waals surface area contributed by atoms with Gasteiger partial charge in [-0.3, -0.25) is 4.79 Å². The molecule has 1 aliphatic heterocycles. The first-order valence-electron chi connectivity index (χ1n) is 6.13. The number of ether oxygens (including phenoxy) is 1. The summed E-state index contributed by atoms with van der Waals surface area (Å²) in [6.07, 6.45) is 0. The number of hydrogen-bond acceptors (Lipinski definition) is 4. The molecule has 5 heteroatoms. The van der Waals surface area contributed by atoms with Crippen molar-refractivity contribution in [2.75, 3.05) is 11.6 Å². The quantitative estimate of drug-likeness (QED) is 0.907.